The summed E-state index contributed by atoms with van der Waals surface area (Å²) in [6, 6.07) is 12.6. The third-order valence-corrected chi connectivity index (χ3v) is 6.21. The number of aryl methyl sites for hydroxylation is 1. The number of rotatable bonds is 12. The van der Waals surface area contributed by atoms with E-state index in [0.29, 0.717) is 13.1 Å². The predicted octanol–water partition coefficient (Wildman–Crippen LogP) is 5.26. The van der Waals surface area contributed by atoms with Crippen molar-refractivity contribution in [3.05, 3.63) is 59.4 Å². The quantitative estimate of drug-likeness (QED) is 0.453. The van der Waals surface area contributed by atoms with Crippen LogP contribution in [0.5, 0.6) is 0 Å². The molecule has 1 atom stereocenters. The average Bonchev–Trinajstić information content (AvgIpc) is 3.21. The summed E-state index contributed by atoms with van der Waals surface area (Å²) in [6.07, 6.45) is 4.86. The van der Waals surface area contributed by atoms with Gasteiger partial charge < -0.3 is 14.4 Å². The Morgan fingerprint density at radius 2 is 1.75 bits per heavy atom. The first-order valence-electron chi connectivity index (χ1n) is 12.0. The van der Waals surface area contributed by atoms with Gasteiger partial charge in [0.2, 0.25) is 11.8 Å². The zero-order chi connectivity index (χ0) is 23.7. The standard InChI is InChI=1S/C27H41N3O2/c1-7-9-16-29(27(32)21(3)4)20-26(31)30(23(6)8-2)19-25-15-12-17-28(25)18-24-14-11-10-13-22(24)5/h10-15,17,21,23H,7-9,16,18-20H2,1-6H3/t23-/m1/s1. The van der Waals surface area contributed by atoms with Gasteiger partial charge in [-0.05, 0) is 49.9 Å². The lowest BCUT2D eigenvalue weighted by Crippen LogP contribution is -2.47. The van der Waals surface area contributed by atoms with Gasteiger partial charge in [-0.25, -0.2) is 0 Å². The molecule has 0 aliphatic rings. The maximum atomic E-state index is 13.4. The molecule has 0 spiro atoms. The molecule has 32 heavy (non-hydrogen) atoms. The predicted molar refractivity (Wildman–Crippen MR) is 131 cm³/mol. The van der Waals surface area contributed by atoms with Gasteiger partial charge in [0.1, 0.15) is 0 Å². The van der Waals surface area contributed by atoms with E-state index in [0.717, 1.165) is 31.5 Å². The molecule has 1 aromatic heterocycles. The van der Waals surface area contributed by atoms with Crippen LogP contribution >= 0.6 is 0 Å². The monoisotopic (exact) mass is 439 g/mol. The van der Waals surface area contributed by atoms with E-state index in [1.807, 2.05) is 24.8 Å². The van der Waals surface area contributed by atoms with E-state index < -0.39 is 0 Å². The highest BCUT2D eigenvalue weighted by atomic mass is 16.2. The number of benzene rings is 1. The Labute approximate surface area is 194 Å². The lowest BCUT2D eigenvalue weighted by atomic mass is 10.1. The molecule has 0 N–H and O–H groups in total. The van der Waals surface area contributed by atoms with Crippen LogP contribution in [0.1, 0.15) is 70.7 Å². The van der Waals surface area contributed by atoms with Crippen LogP contribution in [0.3, 0.4) is 0 Å². The largest absolute Gasteiger partial charge is 0.345 e. The number of nitrogens with zero attached hydrogens (tertiary/aromatic N) is 3. The van der Waals surface area contributed by atoms with Crippen LogP contribution in [0, 0.1) is 12.8 Å². The Morgan fingerprint density at radius 1 is 1.03 bits per heavy atom. The molecule has 1 aromatic carbocycles. The van der Waals surface area contributed by atoms with E-state index >= 15 is 0 Å². The Bertz CT molecular complexity index is 871. The fourth-order valence-corrected chi connectivity index (χ4v) is 3.84. The molecule has 0 bridgehead atoms. The van der Waals surface area contributed by atoms with Crippen molar-refractivity contribution in [3.8, 4) is 0 Å². The first-order chi connectivity index (χ1) is 15.3. The molecule has 176 valence electrons. The molecule has 2 amide bonds. The molecular formula is C27H41N3O2. The van der Waals surface area contributed by atoms with Crippen molar-refractivity contribution in [1.29, 1.82) is 0 Å². The van der Waals surface area contributed by atoms with Crippen LogP contribution in [-0.4, -0.2) is 45.3 Å². The number of carbonyl (C=O) groups excluding carboxylic acids is 2. The van der Waals surface area contributed by atoms with E-state index in [1.54, 1.807) is 4.90 Å². The molecule has 0 unspecified atom stereocenters. The summed E-state index contributed by atoms with van der Waals surface area (Å²) in [7, 11) is 0. The SMILES string of the molecule is CCCCN(CC(=O)N(Cc1cccn1Cc1ccccc1C)[C@H](C)CC)C(=O)C(C)C. The molecule has 0 saturated carbocycles. The van der Waals surface area contributed by atoms with Crippen molar-refractivity contribution in [2.45, 2.75) is 79.9 Å². The summed E-state index contributed by atoms with van der Waals surface area (Å²) in [5.41, 5.74) is 3.65. The number of aromatic nitrogens is 1. The second-order valence-electron chi connectivity index (χ2n) is 9.10. The summed E-state index contributed by atoms with van der Waals surface area (Å²) < 4.78 is 2.22. The highest BCUT2D eigenvalue weighted by molar-refractivity contribution is 5.85. The minimum atomic E-state index is -0.108. The first kappa shape index (κ1) is 25.7. The highest BCUT2D eigenvalue weighted by Crippen LogP contribution is 2.17. The fraction of sp³-hybridized carbons (Fsp3) is 0.556. The van der Waals surface area contributed by atoms with Crippen molar-refractivity contribution in [3.63, 3.8) is 0 Å². The number of unbranched alkanes of at least 4 members (excludes halogenated alkanes) is 1. The van der Waals surface area contributed by atoms with Gasteiger partial charge >= 0.3 is 0 Å². The second-order valence-corrected chi connectivity index (χ2v) is 9.10. The number of hydrogen-bond acceptors (Lipinski definition) is 2. The number of hydrogen-bond donors (Lipinski definition) is 0. The molecule has 0 radical (unpaired) electrons. The summed E-state index contributed by atoms with van der Waals surface area (Å²) >= 11 is 0. The fourth-order valence-electron chi connectivity index (χ4n) is 3.84. The molecule has 0 aliphatic heterocycles. The molecule has 2 aromatic rings. The number of amides is 2. The summed E-state index contributed by atoms with van der Waals surface area (Å²) in [6.45, 7) is 14.3. The third-order valence-electron chi connectivity index (χ3n) is 6.21. The summed E-state index contributed by atoms with van der Waals surface area (Å²) in [5, 5.41) is 0. The normalized spacial score (nSPS) is 12.1. The molecule has 0 fully saturated rings. The zero-order valence-corrected chi connectivity index (χ0v) is 20.8. The molecule has 0 saturated heterocycles. The molecule has 5 heteroatoms. The molecule has 5 nitrogen and oxygen atoms in total. The smallest absolute Gasteiger partial charge is 0.242 e. The first-order valence-corrected chi connectivity index (χ1v) is 12.0. The zero-order valence-electron chi connectivity index (χ0n) is 20.8. The number of carbonyl (C=O) groups is 2. The van der Waals surface area contributed by atoms with Gasteiger partial charge in [0.05, 0.1) is 13.1 Å². The van der Waals surface area contributed by atoms with Gasteiger partial charge in [-0.1, -0.05) is 58.4 Å². The van der Waals surface area contributed by atoms with Crippen LogP contribution in [0.4, 0.5) is 0 Å². The Balaban J connectivity index is 2.20. The maximum absolute atomic E-state index is 13.4. The maximum Gasteiger partial charge on any atom is 0.242 e. The van der Waals surface area contributed by atoms with Crippen LogP contribution in [0.25, 0.3) is 0 Å². The van der Waals surface area contributed by atoms with Crippen molar-refractivity contribution >= 4 is 11.8 Å². The Kier molecular flexibility index (Phi) is 10.0. The van der Waals surface area contributed by atoms with Crippen LogP contribution in [0.2, 0.25) is 0 Å². The van der Waals surface area contributed by atoms with E-state index in [9.17, 15) is 9.59 Å². The lowest BCUT2D eigenvalue weighted by Gasteiger charge is -2.32. The highest BCUT2D eigenvalue weighted by Gasteiger charge is 2.25. The molecule has 2 rings (SSSR count). The Hall–Kier alpha value is -2.56. The van der Waals surface area contributed by atoms with E-state index in [4.69, 9.17) is 0 Å². The van der Waals surface area contributed by atoms with Gasteiger partial charge in [-0.2, -0.15) is 0 Å². The van der Waals surface area contributed by atoms with Gasteiger partial charge in [0.25, 0.3) is 0 Å². The van der Waals surface area contributed by atoms with Gasteiger partial charge in [-0.15, -0.1) is 0 Å². The van der Waals surface area contributed by atoms with Crippen molar-refractivity contribution in [2.75, 3.05) is 13.1 Å². The van der Waals surface area contributed by atoms with E-state index in [-0.39, 0.29) is 30.3 Å². The third kappa shape index (κ3) is 6.98. The van der Waals surface area contributed by atoms with Gasteiger partial charge in [0, 0.05) is 36.9 Å². The summed E-state index contributed by atoms with van der Waals surface area (Å²) in [5.74, 6) is -0.0324. The minimum Gasteiger partial charge on any atom is -0.345 e. The van der Waals surface area contributed by atoms with Crippen LogP contribution in [0.15, 0.2) is 42.6 Å². The minimum absolute atomic E-state index is 0.0214. The van der Waals surface area contributed by atoms with Crippen molar-refractivity contribution < 1.29 is 9.59 Å². The molecular weight excluding hydrogens is 398 g/mol. The van der Waals surface area contributed by atoms with Crippen LogP contribution < -0.4 is 0 Å². The van der Waals surface area contributed by atoms with E-state index in [1.165, 1.54) is 11.1 Å². The lowest BCUT2D eigenvalue weighted by molar-refractivity contribution is -0.144. The van der Waals surface area contributed by atoms with Gasteiger partial charge in [0.15, 0.2) is 0 Å². The second kappa shape index (κ2) is 12.5. The van der Waals surface area contributed by atoms with Crippen molar-refractivity contribution in [2.24, 2.45) is 5.92 Å². The topological polar surface area (TPSA) is 45.6 Å². The van der Waals surface area contributed by atoms with Crippen LogP contribution in [-0.2, 0) is 22.7 Å². The molecule has 1 heterocycles. The Morgan fingerprint density at radius 3 is 2.38 bits per heavy atom. The van der Waals surface area contributed by atoms with E-state index in [2.05, 4.69) is 68.8 Å². The van der Waals surface area contributed by atoms with Crippen molar-refractivity contribution in [1.82, 2.24) is 14.4 Å². The molecule has 0 aliphatic carbocycles. The summed E-state index contributed by atoms with van der Waals surface area (Å²) in [4.78, 5) is 29.8. The van der Waals surface area contributed by atoms with Gasteiger partial charge in [-0.3, -0.25) is 9.59 Å². The average molecular weight is 440 g/mol.